The van der Waals surface area contributed by atoms with Gasteiger partial charge >= 0.3 is 0 Å². The number of aliphatic hydroxyl groups excluding tert-OH is 1. The quantitative estimate of drug-likeness (QED) is 0.703. The minimum Gasteiger partial charge on any atom is -0.395 e. The molecule has 2 nitrogen and oxygen atoms in total. The highest BCUT2D eigenvalue weighted by atomic mass is 32.2. The predicted octanol–water partition coefficient (Wildman–Crippen LogP) is 1.49. The molecule has 0 bridgehead atoms. The van der Waals surface area contributed by atoms with Gasteiger partial charge in [0.1, 0.15) is 0 Å². The third kappa shape index (κ3) is 4.31. The van der Waals surface area contributed by atoms with Crippen molar-refractivity contribution in [3.05, 3.63) is 30.3 Å². The van der Waals surface area contributed by atoms with E-state index < -0.39 is 0 Å². The van der Waals surface area contributed by atoms with Gasteiger partial charge in [-0.1, -0.05) is 18.2 Å². The van der Waals surface area contributed by atoms with E-state index in [0.29, 0.717) is 0 Å². The maximum atomic E-state index is 8.70. The van der Waals surface area contributed by atoms with Crippen LogP contribution in [0, 0.1) is 0 Å². The van der Waals surface area contributed by atoms with E-state index in [1.54, 1.807) is 11.8 Å². The van der Waals surface area contributed by atoms with Crippen LogP contribution in [0.1, 0.15) is 6.42 Å². The van der Waals surface area contributed by atoms with E-state index in [-0.39, 0.29) is 12.6 Å². The van der Waals surface area contributed by atoms with E-state index in [9.17, 15) is 0 Å². The third-order valence-electron chi connectivity index (χ3n) is 1.74. The summed E-state index contributed by atoms with van der Waals surface area (Å²) in [6.45, 7) is 0.0787. The van der Waals surface area contributed by atoms with Gasteiger partial charge in [-0.15, -0.1) is 11.8 Å². The molecule has 1 aromatic carbocycles. The Balaban J connectivity index is 2.20. The van der Waals surface area contributed by atoms with Gasteiger partial charge in [0.2, 0.25) is 0 Å². The third-order valence-corrected chi connectivity index (χ3v) is 2.78. The second kappa shape index (κ2) is 6.02. The smallest absolute Gasteiger partial charge is 0.0582 e. The zero-order chi connectivity index (χ0) is 9.52. The summed E-state index contributed by atoms with van der Waals surface area (Å²) in [5.74, 6) is 0.964. The van der Waals surface area contributed by atoms with Crippen molar-refractivity contribution in [1.82, 2.24) is 0 Å². The van der Waals surface area contributed by atoms with Crippen LogP contribution < -0.4 is 5.73 Å². The van der Waals surface area contributed by atoms with E-state index in [1.165, 1.54) is 4.90 Å². The molecule has 0 aliphatic carbocycles. The Hall–Kier alpha value is -0.510. The summed E-state index contributed by atoms with van der Waals surface area (Å²) in [4.78, 5) is 1.26. The van der Waals surface area contributed by atoms with Gasteiger partial charge in [0, 0.05) is 10.9 Å². The highest BCUT2D eigenvalue weighted by Crippen LogP contribution is 2.17. The Kier molecular flexibility index (Phi) is 4.90. The van der Waals surface area contributed by atoms with Crippen molar-refractivity contribution in [2.24, 2.45) is 5.73 Å². The van der Waals surface area contributed by atoms with Gasteiger partial charge in [-0.2, -0.15) is 0 Å². The van der Waals surface area contributed by atoms with Crippen LogP contribution in [0.15, 0.2) is 35.2 Å². The lowest BCUT2D eigenvalue weighted by Crippen LogP contribution is -2.24. The summed E-state index contributed by atoms with van der Waals surface area (Å²) >= 11 is 1.77. The summed E-state index contributed by atoms with van der Waals surface area (Å²) in [7, 11) is 0. The maximum Gasteiger partial charge on any atom is 0.0582 e. The monoisotopic (exact) mass is 197 g/mol. The Morgan fingerprint density at radius 1 is 1.31 bits per heavy atom. The van der Waals surface area contributed by atoms with Crippen molar-refractivity contribution in [2.45, 2.75) is 17.4 Å². The molecule has 0 saturated heterocycles. The Labute approximate surface area is 83.1 Å². The van der Waals surface area contributed by atoms with Gasteiger partial charge < -0.3 is 10.8 Å². The molecule has 3 heteroatoms. The molecular formula is C10H15NOS. The molecule has 1 atom stereocenters. The molecular weight excluding hydrogens is 182 g/mol. The molecule has 1 aromatic rings. The average Bonchev–Trinajstić information content (AvgIpc) is 2.19. The molecule has 3 N–H and O–H groups in total. The van der Waals surface area contributed by atoms with Gasteiger partial charge in [0.25, 0.3) is 0 Å². The van der Waals surface area contributed by atoms with Crippen LogP contribution in [0.4, 0.5) is 0 Å². The van der Waals surface area contributed by atoms with Gasteiger partial charge in [0.05, 0.1) is 6.61 Å². The van der Waals surface area contributed by atoms with E-state index in [0.717, 1.165) is 12.2 Å². The standard InChI is InChI=1S/C10H15NOS/c11-9(8-12)6-7-13-10-4-2-1-3-5-10/h1-5,9,12H,6-8,11H2/t9-/m0/s1. The van der Waals surface area contributed by atoms with Crippen molar-refractivity contribution in [2.75, 3.05) is 12.4 Å². The molecule has 0 heterocycles. The predicted molar refractivity (Wildman–Crippen MR) is 56.8 cm³/mol. The number of rotatable bonds is 5. The minimum absolute atomic E-state index is 0.0730. The number of aliphatic hydroxyl groups is 1. The Bertz CT molecular complexity index is 228. The number of hydrogen-bond acceptors (Lipinski definition) is 3. The second-order valence-electron chi connectivity index (χ2n) is 2.89. The fraction of sp³-hybridized carbons (Fsp3) is 0.400. The van der Waals surface area contributed by atoms with Gasteiger partial charge in [-0.05, 0) is 24.3 Å². The van der Waals surface area contributed by atoms with Crippen LogP contribution in [-0.4, -0.2) is 23.5 Å². The van der Waals surface area contributed by atoms with Crippen molar-refractivity contribution in [1.29, 1.82) is 0 Å². The van der Waals surface area contributed by atoms with Crippen LogP contribution in [0.2, 0.25) is 0 Å². The first kappa shape index (κ1) is 10.6. The molecule has 0 fully saturated rings. The number of nitrogens with two attached hydrogens (primary N) is 1. The molecule has 1 rings (SSSR count). The molecule has 0 aliphatic heterocycles. The number of thioether (sulfide) groups is 1. The first-order valence-corrected chi connectivity index (χ1v) is 5.36. The molecule has 13 heavy (non-hydrogen) atoms. The van der Waals surface area contributed by atoms with Crippen LogP contribution >= 0.6 is 11.8 Å². The van der Waals surface area contributed by atoms with E-state index in [4.69, 9.17) is 10.8 Å². The summed E-state index contributed by atoms with van der Waals surface area (Å²) in [5, 5.41) is 8.70. The van der Waals surface area contributed by atoms with Crippen LogP contribution in [0.5, 0.6) is 0 Å². The summed E-state index contributed by atoms with van der Waals surface area (Å²) in [6.07, 6.45) is 0.857. The topological polar surface area (TPSA) is 46.2 Å². The van der Waals surface area contributed by atoms with Crippen molar-refractivity contribution in [3.63, 3.8) is 0 Å². The normalized spacial score (nSPS) is 12.8. The van der Waals surface area contributed by atoms with E-state index in [2.05, 4.69) is 12.1 Å². The Morgan fingerprint density at radius 2 is 2.00 bits per heavy atom. The van der Waals surface area contributed by atoms with Gasteiger partial charge in [-0.3, -0.25) is 0 Å². The number of hydrogen-bond donors (Lipinski definition) is 2. The van der Waals surface area contributed by atoms with E-state index in [1.807, 2.05) is 18.2 Å². The molecule has 0 aromatic heterocycles. The van der Waals surface area contributed by atoms with Gasteiger partial charge in [-0.25, -0.2) is 0 Å². The molecule has 0 amide bonds. The highest BCUT2D eigenvalue weighted by molar-refractivity contribution is 7.99. The fourth-order valence-corrected chi connectivity index (χ4v) is 1.94. The lowest BCUT2D eigenvalue weighted by molar-refractivity contribution is 0.264. The first-order valence-electron chi connectivity index (χ1n) is 4.37. The van der Waals surface area contributed by atoms with Crippen LogP contribution in [0.3, 0.4) is 0 Å². The molecule has 0 unspecified atom stereocenters. The molecule has 0 spiro atoms. The SMILES string of the molecule is N[C@H](CO)CCSc1ccccc1. The van der Waals surface area contributed by atoms with Crippen LogP contribution in [-0.2, 0) is 0 Å². The van der Waals surface area contributed by atoms with Gasteiger partial charge in [0.15, 0.2) is 0 Å². The lowest BCUT2D eigenvalue weighted by atomic mass is 10.3. The molecule has 0 saturated carbocycles. The highest BCUT2D eigenvalue weighted by Gasteiger charge is 1.99. The molecule has 0 radical (unpaired) electrons. The van der Waals surface area contributed by atoms with Crippen molar-refractivity contribution < 1.29 is 5.11 Å². The fourth-order valence-electron chi connectivity index (χ4n) is 0.936. The summed E-state index contributed by atoms with van der Waals surface area (Å²) < 4.78 is 0. The zero-order valence-corrected chi connectivity index (χ0v) is 8.33. The zero-order valence-electron chi connectivity index (χ0n) is 7.52. The average molecular weight is 197 g/mol. The maximum absolute atomic E-state index is 8.70. The van der Waals surface area contributed by atoms with Crippen molar-refractivity contribution >= 4 is 11.8 Å². The second-order valence-corrected chi connectivity index (χ2v) is 4.06. The molecule has 0 aliphatic rings. The Morgan fingerprint density at radius 3 is 2.62 bits per heavy atom. The summed E-state index contributed by atoms with van der Waals surface area (Å²) in [5.41, 5.74) is 5.57. The minimum atomic E-state index is -0.0730. The van der Waals surface area contributed by atoms with E-state index >= 15 is 0 Å². The first-order chi connectivity index (χ1) is 6.33. The number of benzene rings is 1. The summed E-state index contributed by atoms with van der Waals surface area (Å²) in [6, 6.07) is 10.1. The van der Waals surface area contributed by atoms with Crippen molar-refractivity contribution in [3.8, 4) is 0 Å². The lowest BCUT2D eigenvalue weighted by Gasteiger charge is -2.06. The largest absolute Gasteiger partial charge is 0.395 e. The van der Waals surface area contributed by atoms with Crippen LogP contribution in [0.25, 0.3) is 0 Å². The molecule has 72 valence electrons.